The molecular formula is C20H29FN2O2. The SMILES string of the molecule is CN(CC1CCCCC1)C(=O)CN1CCO[C@@H](c2ccc(F)cc2)C1. The molecule has 4 nitrogen and oxygen atoms in total. The normalized spacial score (nSPS) is 22.7. The van der Waals surface area contributed by atoms with E-state index in [2.05, 4.69) is 4.90 Å². The van der Waals surface area contributed by atoms with Crippen molar-refractivity contribution in [1.82, 2.24) is 9.80 Å². The molecule has 1 aliphatic carbocycles. The van der Waals surface area contributed by atoms with Gasteiger partial charge in [0.15, 0.2) is 0 Å². The average molecular weight is 348 g/mol. The summed E-state index contributed by atoms with van der Waals surface area (Å²) >= 11 is 0. The highest BCUT2D eigenvalue weighted by molar-refractivity contribution is 5.78. The zero-order valence-corrected chi connectivity index (χ0v) is 15.1. The number of rotatable bonds is 5. The molecule has 138 valence electrons. The van der Waals surface area contributed by atoms with E-state index >= 15 is 0 Å². The molecule has 1 amide bonds. The predicted molar refractivity (Wildman–Crippen MR) is 95.7 cm³/mol. The van der Waals surface area contributed by atoms with E-state index in [4.69, 9.17) is 4.74 Å². The van der Waals surface area contributed by atoms with E-state index in [9.17, 15) is 9.18 Å². The van der Waals surface area contributed by atoms with Crippen LogP contribution in [0.15, 0.2) is 24.3 Å². The van der Waals surface area contributed by atoms with Crippen molar-refractivity contribution < 1.29 is 13.9 Å². The molecule has 1 aliphatic heterocycles. The molecule has 2 fully saturated rings. The largest absolute Gasteiger partial charge is 0.371 e. The molecule has 0 radical (unpaired) electrons. The third-order valence-corrected chi connectivity index (χ3v) is 5.43. The zero-order chi connectivity index (χ0) is 17.6. The lowest BCUT2D eigenvalue weighted by atomic mass is 9.89. The van der Waals surface area contributed by atoms with Gasteiger partial charge in [-0.05, 0) is 36.5 Å². The highest BCUT2D eigenvalue weighted by Gasteiger charge is 2.25. The number of likely N-dealkylation sites (N-methyl/N-ethyl adjacent to an activating group) is 1. The molecule has 0 unspecified atom stereocenters. The van der Waals surface area contributed by atoms with Crippen LogP contribution in [-0.2, 0) is 9.53 Å². The van der Waals surface area contributed by atoms with Crippen molar-refractivity contribution in [1.29, 1.82) is 0 Å². The number of halogens is 1. The fourth-order valence-corrected chi connectivity index (χ4v) is 3.90. The molecule has 5 heteroatoms. The molecular weight excluding hydrogens is 319 g/mol. The molecule has 0 N–H and O–H groups in total. The number of amides is 1. The number of benzene rings is 1. The van der Waals surface area contributed by atoms with Gasteiger partial charge in [0.05, 0.1) is 19.3 Å². The molecule has 25 heavy (non-hydrogen) atoms. The maximum Gasteiger partial charge on any atom is 0.236 e. The number of hydrogen-bond acceptors (Lipinski definition) is 3. The van der Waals surface area contributed by atoms with Crippen molar-refractivity contribution in [2.24, 2.45) is 5.92 Å². The van der Waals surface area contributed by atoms with Crippen LogP contribution >= 0.6 is 0 Å². The Balaban J connectivity index is 1.49. The molecule has 1 saturated heterocycles. The van der Waals surface area contributed by atoms with Crippen molar-refractivity contribution in [3.8, 4) is 0 Å². The minimum atomic E-state index is -0.240. The number of carbonyl (C=O) groups is 1. The first-order valence-corrected chi connectivity index (χ1v) is 9.45. The molecule has 0 bridgehead atoms. The van der Waals surface area contributed by atoms with Crippen molar-refractivity contribution in [2.75, 3.05) is 39.8 Å². The van der Waals surface area contributed by atoms with Crippen LogP contribution in [0.3, 0.4) is 0 Å². The Hall–Kier alpha value is -1.46. The lowest BCUT2D eigenvalue weighted by molar-refractivity contribution is -0.133. The standard InChI is InChI=1S/C20H29FN2O2/c1-22(13-16-5-3-2-4-6-16)20(24)15-23-11-12-25-19(14-23)17-7-9-18(21)10-8-17/h7-10,16,19H,2-6,11-15H2,1H3/t19-/m1/s1. The van der Waals surface area contributed by atoms with Gasteiger partial charge >= 0.3 is 0 Å². The molecule has 1 aromatic rings. The Labute approximate surface area is 149 Å². The van der Waals surface area contributed by atoms with E-state index in [-0.39, 0.29) is 17.8 Å². The minimum Gasteiger partial charge on any atom is -0.371 e. The smallest absolute Gasteiger partial charge is 0.236 e. The number of morpholine rings is 1. The minimum absolute atomic E-state index is 0.0919. The van der Waals surface area contributed by atoms with Crippen LogP contribution in [0.1, 0.15) is 43.8 Å². The maximum atomic E-state index is 13.1. The van der Waals surface area contributed by atoms with E-state index in [1.807, 2.05) is 11.9 Å². The molecule has 3 rings (SSSR count). The maximum absolute atomic E-state index is 13.1. The monoisotopic (exact) mass is 348 g/mol. The zero-order valence-electron chi connectivity index (χ0n) is 15.1. The average Bonchev–Trinajstić information content (AvgIpc) is 2.63. The summed E-state index contributed by atoms with van der Waals surface area (Å²) in [5, 5.41) is 0. The second kappa shape index (κ2) is 8.77. The van der Waals surface area contributed by atoms with Gasteiger partial charge in [0, 0.05) is 26.7 Å². The van der Waals surface area contributed by atoms with Gasteiger partial charge in [-0.25, -0.2) is 4.39 Å². The molecule has 1 saturated carbocycles. The second-order valence-corrected chi connectivity index (χ2v) is 7.42. The van der Waals surface area contributed by atoms with Crippen molar-refractivity contribution in [2.45, 2.75) is 38.2 Å². The van der Waals surface area contributed by atoms with Crippen LogP contribution in [-0.4, -0.2) is 55.5 Å². The van der Waals surface area contributed by atoms with Crippen LogP contribution in [0.4, 0.5) is 4.39 Å². The quantitative estimate of drug-likeness (QED) is 0.819. The molecule has 1 aromatic carbocycles. The molecule has 2 aliphatic rings. The Kier molecular flexibility index (Phi) is 6.43. The molecule has 0 spiro atoms. The molecule has 1 heterocycles. The van der Waals surface area contributed by atoms with E-state index in [0.29, 0.717) is 25.6 Å². The van der Waals surface area contributed by atoms with Gasteiger partial charge in [-0.2, -0.15) is 0 Å². The van der Waals surface area contributed by atoms with E-state index in [1.54, 1.807) is 12.1 Å². The van der Waals surface area contributed by atoms with Crippen LogP contribution in [0, 0.1) is 11.7 Å². The summed E-state index contributed by atoms with van der Waals surface area (Å²) in [5.41, 5.74) is 0.967. The summed E-state index contributed by atoms with van der Waals surface area (Å²) in [6.45, 7) is 3.35. The van der Waals surface area contributed by atoms with E-state index in [0.717, 1.165) is 18.7 Å². The van der Waals surface area contributed by atoms with Gasteiger partial charge in [-0.1, -0.05) is 31.4 Å². The second-order valence-electron chi connectivity index (χ2n) is 7.42. The first-order valence-electron chi connectivity index (χ1n) is 9.45. The number of hydrogen-bond donors (Lipinski definition) is 0. The Morgan fingerprint density at radius 1 is 1.24 bits per heavy atom. The van der Waals surface area contributed by atoms with Crippen LogP contribution in [0.2, 0.25) is 0 Å². The highest BCUT2D eigenvalue weighted by atomic mass is 19.1. The molecule has 1 atom stereocenters. The first-order chi connectivity index (χ1) is 12.1. The van der Waals surface area contributed by atoms with Crippen molar-refractivity contribution >= 4 is 5.91 Å². The first kappa shape index (κ1) is 18.3. The molecule has 0 aromatic heterocycles. The fourth-order valence-electron chi connectivity index (χ4n) is 3.90. The summed E-state index contributed by atoms with van der Waals surface area (Å²) in [4.78, 5) is 16.6. The fraction of sp³-hybridized carbons (Fsp3) is 0.650. The van der Waals surface area contributed by atoms with Gasteiger partial charge in [0.2, 0.25) is 5.91 Å². The number of carbonyl (C=O) groups excluding carboxylic acids is 1. The van der Waals surface area contributed by atoms with Crippen LogP contribution in [0.25, 0.3) is 0 Å². The predicted octanol–water partition coefficient (Wildman–Crippen LogP) is 3.24. The topological polar surface area (TPSA) is 32.8 Å². The summed E-state index contributed by atoms with van der Waals surface area (Å²) in [7, 11) is 1.93. The Bertz CT molecular complexity index is 557. The van der Waals surface area contributed by atoms with Gasteiger partial charge in [-0.3, -0.25) is 9.69 Å². The van der Waals surface area contributed by atoms with Gasteiger partial charge in [0.1, 0.15) is 5.82 Å². The highest BCUT2D eigenvalue weighted by Crippen LogP contribution is 2.25. The summed E-state index contributed by atoms with van der Waals surface area (Å²) in [6, 6.07) is 6.45. The van der Waals surface area contributed by atoms with E-state index < -0.39 is 0 Å². The van der Waals surface area contributed by atoms with Gasteiger partial charge < -0.3 is 9.64 Å². The summed E-state index contributed by atoms with van der Waals surface area (Å²) in [5.74, 6) is 0.612. The third-order valence-electron chi connectivity index (χ3n) is 5.43. The summed E-state index contributed by atoms with van der Waals surface area (Å²) in [6.07, 6.45) is 6.35. The van der Waals surface area contributed by atoms with Crippen LogP contribution in [0.5, 0.6) is 0 Å². The van der Waals surface area contributed by atoms with Crippen molar-refractivity contribution in [3.63, 3.8) is 0 Å². The van der Waals surface area contributed by atoms with Gasteiger partial charge in [0.25, 0.3) is 0 Å². The van der Waals surface area contributed by atoms with Gasteiger partial charge in [-0.15, -0.1) is 0 Å². The lowest BCUT2D eigenvalue weighted by Crippen LogP contribution is -2.45. The number of ether oxygens (including phenoxy) is 1. The summed E-state index contributed by atoms with van der Waals surface area (Å²) < 4.78 is 18.9. The number of nitrogens with zero attached hydrogens (tertiary/aromatic N) is 2. The third kappa shape index (κ3) is 5.25. The lowest BCUT2D eigenvalue weighted by Gasteiger charge is -2.34. The van der Waals surface area contributed by atoms with Crippen LogP contribution < -0.4 is 0 Å². The Morgan fingerprint density at radius 2 is 1.96 bits per heavy atom. The Morgan fingerprint density at radius 3 is 2.68 bits per heavy atom. The van der Waals surface area contributed by atoms with Crippen molar-refractivity contribution in [3.05, 3.63) is 35.6 Å². The van der Waals surface area contributed by atoms with E-state index in [1.165, 1.54) is 44.2 Å².